The maximum atomic E-state index is 9.77. The molecular formula is C22H30O3. The predicted octanol–water partition coefficient (Wildman–Crippen LogP) is 4.31. The Morgan fingerprint density at radius 2 is 1.96 bits per heavy atom. The molecule has 0 bridgehead atoms. The summed E-state index contributed by atoms with van der Waals surface area (Å²) >= 11 is 0. The molecule has 2 aliphatic rings. The van der Waals surface area contributed by atoms with Crippen LogP contribution < -0.4 is 0 Å². The van der Waals surface area contributed by atoms with Crippen molar-refractivity contribution in [1.82, 2.24) is 0 Å². The lowest BCUT2D eigenvalue weighted by atomic mass is 9.70. The Balaban J connectivity index is 2.15. The third-order valence-electron chi connectivity index (χ3n) is 4.83. The molecular weight excluding hydrogens is 312 g/mol. The minimum Gasteiger partial charge on any atom is -0.374 e. The van der Waals surface area contributed by atoms with Gasteiger partial charge in [-0.1, -0.05) is 55.2 Å². The van der Waals surface area contributed by atoms with Crippen molar-refractivity contribution in [3.05, 3.63) is 47.1 Å². The first-order valence-corrected chi connectivity index (χ1v) is 8.82. The number of ether oxygens (including phenoxy) is 2. The molecule has 1 saturated heterocycles. The summed E-state index contributed by atoms with van der Waals surface area (Å²) in [5.74, 6) is 1.90. The van der Waals surface area contributed by atoms with Crippen LogP contribution in [0.2, 0.25) is 0 Å². The highest BCUT2D eigenvalue weighted by Crippen LogP contribution is 2.48. The van der Waals surface area contributed by atoms with Crippen molar-refractivity contribution in [2.75, 3.05) is 13.2 Å². The minimum absolute atomic E-state index is 0.00751. The normalized spacial score (nSPS) is 25.7. The monoisotopic (exact) mass is 342 g/mol. The van der Waals surface area contributed by atoms with Crippen LogP contribution in [0.3, 0.4) is 0 Å². The van der Waals surface area contributed by atoms with Gasteiger partial charge in [0, 0.05) is 12.8 Å². The second-order valence-electron chi connectivity index (χ2n) is 7.93. The molecule has 1 heterocycles. The van der Waals surface area contributed by atoms with Crippen LogP contribution in [-0.4, -0.2) is 29.7 Å². The lowest BCUT2D eigenvalue weighted by Gasteiger charge is -2.42. The van der Waals surface area contributed by atoms with Crippen molar-refractivity contribution in [2.45, 2.75) is 58.8 Å². The first-order chi connectivity index (χ1) is 11.6. The molecule has 3 nitrogen and oxygen atoms in total. The highest BCUT2D eigenvalue weighted by Gasteiger charge is 2.46. The fraction of sp³-hybridized carbons (Fsp3) is 0.545. The molecule has 1 unspecified atom stereocenters. The van der Waals surface area contributed by atoms with Crippen molar-refractivity contribution in [2.24, 2.45) is 5.41 Å². The van der Waals surface area contributed by atoms with Crippen LogP contribution in [-0.2, 0) is 9.47 Å². The van der Waals surface area contributed by atoms with E-state index in [4.69, 9.17) is 15.9 Å². The van der Waals surface area contributed by atoms with E-state index in [1.807, 2.05) is 13.0 Å². The molecule has 136 valence electrons. The topological polar surface area (TPSA) is 38.7 Å². The Morgan fingerprint density at radius 3 is 2.52 bits per heavy atom. The van der Waals surface area contributed by atoms with Gasteiger partial charge in [0.2, 0.25) is 0 Å². The number of allylic oxidation sites excluding steroid dienone is 6. The fourth-order valence-corrected chi connectivity index (χ4v) is 3.68. The first-order valence-electron chi connectivity index (χ1n) is 8.82. The Hall–Kier alpha value is -1.60. The number of aliphatic hydroxyl groups is 1. The Bertz CT molecular complexity index is 660. The summed E-state index contributed by atoms with van der Waals surface area (Å²) in [4.78, 5) is 0. The van der Waals surface area contributed by atoms with Gasteiger partial charge < -0.3 is 14.6 Å². The molecule has 1 N–H and O–H groups in total. The molecule has 1 fully saturated rings. The van der Waals surface area contributed by atoms with Gasteiger partial charge in [-0.25, -0.2) is 0 Å². The van der Waals surface area contributed by atoms with Gasteiger partial charge in [0.05, 0.1) is 13.2 Å². The van der Waals surface area contributed by atoms with Crippen LogP contribution >= 0.6 is 0 Å². The first kappa shape index (κ1) is 19.7. The molecule has 1 atom stereocenters. The summed E-state index contributed by atoms with van der Waals surface area (Å²) in [6.45, 7) is 11.6. The van der Waals surface area contributed by atoms with E-state index in [0.29, 0.717) is 13.2 Å². The maximum absolute atomic E-state index is 9.77. The fourth-order valence-electron chi connectivity index (χ4n) is 3.68. The summed E-state index contributed by atoms with van der Waals surface area (Å²) in [7, 11) is 0. The van der Waals surface area contributed by atoms with E-state index in [9.17, 15) is 5.11 Å². The van der Waals surface area contributed by atoms with Crippen molar-refractivity contribution in [1.29, 1.82) is 0 Å². The molecule has 1 spiro atoms. The van der Waals surface area contributed by atoms with Crippen molar-refractivity contribution < 1.29 is 14.6 Å². The molecule has 1 aliphatic heterocycles. The second-order valence-corrected chi connectivity index (χ2v) is 7.93. The quantitative estimate of drug-likeness (QED) is 0.611. The van der Waals surface area contributed by atoms with Crippen molar-refractivity contribution in [3.8, 4) is 12.3 Å². The summed E-state index contributed by atoms with van der Waals surface area (Å²) in [6, 6.07) is 0. The summed E-state index contributed by atoms with van der Waals surface area (Å²) < 4.78 is 11.8. The van der Waals surface area contributed by atoms with Gasteiger partial charge in [-0.3, -0.25) is 0 Å². The van der Waals surface area contributed by atoms with E-state index in [-0.39, 0.29) is 5.41 Å². The highest BCUT2D eigenvalue weighted by atomic mass is 16.7. The van der Waals surface area contributed by atoms with Gasteiger partial charge in [0.15, 0.2) is 5.79 Å². The second kappa shape index (κ2) is 7.33. The van der Waals surface area contributed by atoms with E-state index in [1.54, 1.807) is 19.1 Å². The molecule has 0 aromatic carbocycles. The van der Waals surface area contributed by atoms with Crippen LogP contribution in [0.5, 0.6) is 0 Å². The lowest BCUT2D eigenvalue weighted by molar-refractivity contribution is -0.178. The SMILES string of the molecule is C#CC(C)(O)/C=C/C=C(C)/C=C/C1=C(C)CC2(CC1(C)C)OCCO2. The van der Waals surface area contributed by atoms with E-state index < -0.39 is 11.4 Å². The molecule has 0 radical (unpaired) electrons. The van der Waals surface area contributed by atoms with Gasteiger partial charge in [-0.2, -0.15) is 0 Å². The third-order valence-corrected chi connectivity index (χ3v) is 4.83. The predicted molar refractivity (Wildman–Crippen MR) is 102 cm³/mol. The average molecular weight is 342 g/mol. The van der Waals surface area contributed by atoms with Crippen molar-refractivity contribution >= 4 is 0 Å². The number of hydrogen-bond acceptors (Lipinski definition) is 3. The van der Waals surface area contributed by atoms with E-state index in [1.165, 1.54) is 11.1 Å². The molecule has 25 heavy (non-hydrogen) atoms. The molecule has 2 rings (SSSR count). The Kier molecular flexibility index (Phi) is 5.79. The number of rotatable bonds is 4. The zero-order chi connectivity index (χ0) is 18.7. The van der Waals surface area contributed by atoms with Crippen LogP contribution in [0.1, 0.15) is 47.5 Å². The molecule has 0 saturated carbocycles. The van der Waals surface area contributed by atoms with E-state index in [2.05, 4.69) is 38.8 Å². The largest absolute Gasteiger partial charge is 0.374 e. The lowest BCUT2D eigenvalue weighted by Crippen LogP contribution is -2.40. The number of terminal acetylenes is 1. The van der Waals surface area contributed by atoms with Crippen LogP contribution in [0.15, 0.2) is 47.1 Å². The number of hydrogen-bond donors (Lipinski definition) is 1. The molecule has 3 heteroatoms. The van der Waals surface area contributed by atoms with Crippen LogP contribution in [0.4, 0.5) is 0 Å². The van der Waals surface area contributed by atoms with Gasteiger partial charge in [0.25, 0.3) is 0 Å². The highest BCUT2D eigenvalue weighted by molar-refractivity contribution is 5.38. The summed E-state index contributed by atoms with van der Waals surface area (Å²) in [6.07, 6.45) is 16.6. The van der Waals surface area contributed by atoms with Gasteiger partial charge in [0.1, 0.15) is 5.60 Å². The summed E-state index contributed by atoms with van der Waals surface area (Å²) in [5.41, 5.74) is 2.53. The maximum Gasteiger partial charge on any atom is 0.173 e. The standard InChI is InChI=1S/C22H30O3/c1-7-21(6,23)12-8-9-17(2)10-11-19-18(3)15-22(16-20(19,4)5)24-13-14-25-22/h1,8-12,23H,13-16H2,2-6H3/b11-10+,12-8+,17-9+. The molecule has 0 amide bonds. The Labute approximate surface area is 152 Å². The van der Waals surface area contributed by atoms with Crippen LogP contribution in [0.25, 0.3) is 0 Å². The zero-order valence-corrected chi connectivity index (χ0v) is 16.1. The van der Waals surface area contributed by atoms with Crippen molar-refractivity contribution in [3.63, 3.8) is 0 Å². The van der Waals surface area contributed by atoms with Crippen LogP contribution in [0, 0.1) is 17.8 Å². The third kappa shape index (κ3) is 4.95. The van der Waals surface area contributed by atoms with Gasteiger partial charge >= 0.3 is 0 Å². The molecule has 1 aliphatic carbocycles. The minimum atomic E-state index is -1.21. The van der Waals surface area contributed by atoms with E-state index >= 15 is 0 Å². The Morgan fingerprint density at radius 1 is 1.32 bits per heavy atom. The zero-order valence-electron chi connectivity index (χ0n) is 16.1. The van der Waals surface area contributed by atoms with E-state index in [0.717, 1.165) is 18.4 Å². The molecule has 0 aromatic rings. The average Bonchev–Trinajstić information content (AvgIpc) is 2.92. The van der Waals surface area contributed by atoms with Gasteiger partial charge in [-0.15, -0.1) is 6.42 Å². The molecule has 0 aromatic heterocycles. The van der Waals surface area contributed by atoms with Gasteiger partial charge in [-0.05, 0) is 37.8 Å². The smallest absolute Gasteiger partial charge is 0.173 e. The summed E-state index contributed by atoms with van der Waals surface area (Å²) in [5, 5.41) is 9.77.